The topological polar surface area (TPSA) is 72.4 Å². The highest BCUT2D eigenvalue weighted by Gasteiger charge is 2.14. The van der Waals surface area contributed by atoms with Gasteiger partial charge in [-0.25, -0.2) is 0 Å². The van der Waals surface area contributed by atoms with Crippen LogP contribution in [0.1, 0.15) is 32.6 Å². The zero-order valence-electron chi connectivity index (χ0n) is 17.3. The highest BCUT2D eigenvalue weighted by atomic mass is 16.5. The Kier molecular flexibility index (Phi) is 7.36. The lowest BCUT2D eigenvalue weighted by Gasteiger charge is -2.14. The summed E-state index contributed by atoms with van der Waals surface area (Å²) in [6.45, 7) is 3.50. The number of methoxy groups -OCH3 is 1. The SMILES string of the molecule is CCCCCCn1c(=N)n(CC(O)COc2ccc(OC)cc2)c2ccccc21. The fraction of sp³-hybridized carbons (Fsp3) is 0.435. The summed E-state index contributed by atoms with van der Waals surface area (Å²) >= 11 is 0. The number of ether oxygens (including phenoxy) is 2. The molecule has 0 aliphatic rings. The maximum Gasteiger partial charge on any atom is 0.203 e. The van der Waals surface area contributed by atoms with Gasteiger partial charge in [-0.05, 0) is 42.8 Å². The average molecular weight is 398 g/mol. The first kappa shape index (κ1) is 21.0. The molecule has 0 spiro atoms. The monoisotopic (exact) mass is 397 g/mol. The van der Waals surface area contributed by atoms with E-state index in [1.807, 2.05) is 57.7 Å². The summed E-state index contributed by atoms with van der Waals surface area (Å²) in [4.78, 5) is 0. The number of benzene rings is 2. The molecule has 3 rings (SSSR count). The number of hydrogen-bond donors (Lipinski definition) is 2. The number of fused-ring (bicyclic) bond motifs is 1. The van der Waals surface area contributed by atoms with Crippen molar-refractivity contribution >= 4 is 11.0 Å². The molecule has 2 aromatic carbocycles. The van der Waals surface area contributed by atoms with Gasteiger partial charge in [0, 0.05) is 6.54 Å². The second-order valence-electron chi connectivity index (χ2n) is 7.28. The van der Waals surface area contributed by atoms with Crippen LogP contribution >= 0.6 is 0 Å². The first-order valence-corrected chi connectivity index (χ1v) is 10.3. The number of imidazole rings is 1. The molecular weight excluding hydrogens is 366 g/mol. The lowest BCUT2D eigenvalue weighted by Crippen LogP contribution is -2.31. The Morgan fingerprint density at radius 3 is 2.24 bits per heavy atom. The molecule has 6 nitrogen and oxygen atoms in total. The van der Waals surface area contributed by atoms with Gasteiger partial charge >= 0.3 is 0 Å². The molecule has 0 fully saturated rings. The minimum Gasteiger partial charge on any atom is -0.497 e. The predicted octanol–water partition coefficient (Wildman–Crippen LogP) is 3.95. The number of rotatable bonds is 11. The number of aliphatic hydroxyl groups excluding tert-OH is 1. The number of nitrogens with one attached hydrogen (secondary N) is 1. The van der Waals surface area contributed by atoms with E-state index in [9.17, 15) is 5.11 Å². The van der Waals surface area contributed by atoms with Crippen molar-refractivity contribution in [2.24, 2.45) is 0 Å². The molecule has 29 heavy (non-hydrogen) atoms. The van der Waals surface area contributed by atoms with Crippen LogP contribution in [0.5, 0.6) is 11.5 Å². The standard InChI is InChI=1S/C23H31N3O3/c1-3-4-5-8-15-25-21-9-6-7-10-22(21)26(23(25)24)16-18(27)17-29-20-13-11-19(28-2)12-14-20/h6-7,9-14,18,24,27H,3-5,8,15-17H2,1-2H3. The van der Waals surface area contributed by atoms with Gasteiger partial charge in [-0.15, -0.1) is 0 Å². The van der Waals surface area contributed by atoms with Gasteiger partial charge in [0.15, 0.2) is 0 Å². The van der Waals surface area contributed by atoms with Crippen molar-refractivity contribution in [1.82, 2.24) is 9.13 Å². The van der Waals surface area contributed by atoms with Crippen molar-refractivity contribution in [3.05, 3.63) is 54.1 Å². The third kappa shape index (κ3) is 5.21. The quantitative estimate of drug-likeness (QED) is 0.481. The molecule has 0 radical (unpaired) electrons. The van der Waals surface area contributed by atoms with Crippen LogP contribution in [0.3, 0.4) is 0 Å². The molecule has 2 N–H and O–H groups in total. The minimum atomic E-state index is -0.717. The second-order valence-corrected chi connectivity index (χ2v) is 7.28. The van der Waals surface area contributed by atoms with Crippen LogP contribution in [0.25, 0.3) is 11.0 Å². The average Bonchev–Trinajstić information content (AvgIpc) is 3.01. The summed E-state index contributed by atoms with van der Waals surface area (Å²) in [5, 5.41) is 19.2. The number of para-hydroxylation sites is 2. The summed E-state index contributed by atoms with van der Waals surface area (Å²) in [7, 11) is 1.62. The van der Waals surface area contributed by atoms with Gasteiger partial charge in [0.25, 0.3) is 0 Å². The zero-order chi connectivity index (χ0) is 20.6. The van der Waals surface area contributed by atoms with E-state index in [1.54, 1.807) is 7.11 Å². The van der Waals surface area contributed by atoms with Crippen molar-refractivity contribution in [2.45, 2.75) is 51.8 Å². The fourth-order valence-electron chi connectivity index (χ4n) is 3.53. The first-order valence-electron chi connectivity index (χ1n) is 10.3. The summed E-state index contributed by atoms with van der Waals surface area (Å²) in [6, 6.07) is 15.3. The van der Waals surface area contributed by atoms with E-state index in [0.29, 0.717) is 17.9 Å². The van der Waals surface area contributed by atoms with E-state index < -0.39 is 6.10 Å². The number of aliphatic hydroxyl groups is 1. The number of nitrogens with zero attached hydrogens (tertiary/aromatic N) is 2. The maximum atomic E-state index is 10.5. The molecule has 156 valence electrons. The number of aryl methyl sites for hydroxylation is 1. The molecule has 0 aliphatic carbocycles. The van der Waals surface area contributed by atoms with Gasteiger partial charge in [0.1, 0.15) is 24.2 Å². The number of hydrogen-bond acceptors (Lipinski definition) is 4. The van der Waals surface area contributed by atoms with Crippen molar-refractivity contribution in [3.8, 4) is 11.5 Å². The Labute approximate surface area is 171 Å². The van der Waals surface area contributed by atoms with Crippen LogP contribution in [0.4, 0.5) is 0 Å². The van der Waals surface area contributed by atoms with Crippen LogP contribution < -0.4 is 15.1 Å². The third-order valence-corrected chi connectivity index (χ3v) is 5.11. The van der Waals surface area contributed by atoms with Crippen LogP contribution in [0.15, 0.2) is 48.5 Å². The van der Waals surface area contributed by atoms with Crippen LogP contribution in [0, 0.1) is 5.41 Å². The van der Waals surface area contributed by atoms with Crippen LogP contribution in [-0.2, 0) is 13.1 Å². The van der Waals surface area contributed by atoms with Gasteiger partial charge in [-0.2, -0.15) is 0 Å². The maximum absolute atomic E-state index is 10.5. The summed E-state index contributed by atoms with van der Waals surface area (Å²) in [5.74, 6) is 1.44. The van der Waals surface area contributed by atoms with E-state index in [1.165, 1.54) is 19.3 Å². The molecule has 1 unspecified atom stereocenters. The highest BCUT2D eigenvalue weighted by Crippen LogP contribution is 2.18. The smallest absolute Gasteiger partial charge is 0.203 e. The van der Waals surface area contributed by atoms with Crippen LogP contribution in [-0.4, -0.2) is 34.1 Å². The van der Waals surface area contributed by atoms with Crippen LogP contribution in [0.2, 0.25) is 0 Å². The third-order valence-electron chi connectivity index (χ3n) is 5.11. The fourth-order valence-corrected chi connectivity index (χ4v) is 3.53. The molecule has 0 saturated heterocycles. The molecule has 3 aromatic rings. The van der Waals surface area contributed by atoms with E-state index in [-0.39, 0.29) is 6.61 Å². The van der Waals surface area contributed by atoms with E-state index in [4.69, 9.17) is 14.9 Å². The Balaban J connectivity index is 1.69. The van der Waals surface area contributed by atoms with Gasteiger partial charge in [0.2, 0.25) is 5.62 Å². The molecular formula is C23H31N3O3. The van der Waals surface area contributed by atoms with E-state index in [0.717, 1.165) is 29.7 Å². The molecule has 1 atom stereocenters. The molecule has 1 heterocycles. The largest absolute Gasteiger partial charge is 0.497 e. The van der Waals surface area contributed by atoms with Gasteiger partial charge in [-0.3, -0.25) is 5.41 Å². The molecule has 0 aliphatic heterocycles. The zero-order valence-corrected chi connectivity index (χ0v) is 17.3. The number of unbranched alkanes of at least 4 members (excludes halogenated alkanes) is 3. The summed E-state index contributed by atoms with van der Waals surface area (Å²) < 4.78 is 14.8. The molecule has 6 heteroatoms. The van der Waals surface area contributed by atoms with Crippen molar-refractivity contribution in [1.29, 1.82) is 5.41 Å². The minimum absolute atomic E-state index is 0.161. The van der Waals surface area contributed by atoms with Crippen molar-refractivity contribution < 1.29 is 14.6 Å². The highest BCUT2D eigenvalue weighted by molar-refractivity contribution is 5.75. The second kappa shape index (κ2) is 10.2. The Morgan fingerprint density at radius 2 is 1.59 bits per heavy atom. The summed E-state index contributed by atoms with van der Waals surface area (Å²) in [5.41, 5.74) is 2.43. The van der Waals surface area contributed by atoms with Gasteiger partial charge in [0.05, 0.1) is 24.7 Å². The first-order chi connectivity index (χ1) is 14.1. The molecule has 0 amide bonds. The van der Waals surface area contributed by atoms with Crippen molar-refractivity contribution in [3.63, 3.8) is 0 Å². The van der Waals surface area contributed by atoms with E-state index >= 15 is 0 Å². The lowest BCUT2D eigenvalue weighted by molar-refractivity contribution is 0.0920. The number of aromatic nitrogens is 2. The Morgan fingerprint density at radius 1 is 0.931 bits per heavy atom. The predicted molar refractivity (Wildman–Crippen MR) is 114 cm³/mol. The Bertz CT molecular complexity index is 960. The Hall–Kier alpha value is -2.73. The molecule has 0 saturated carbocycles. The van der Waals surface area contributed by atoms with Crippen molar-refractivity contribution in [2.75, 3.05) is 13.7 Å². The molecule has 0 bridgehead atoms. The van der Waals surface area contributed by atoms with Gasteiger partial charge in [-0.1, -0.05) is 38.3 Å². The van der Waals surface area contributed by atoms with E-state index in [2.05, 4.69) is 6.92 Å². The lowest BCUT2D eigenvalue weighted by atomic mass is 10.2. The van der Waals surface area contributed by atoms with Gasteiger partial charge < -0.3 is 23.7 Å². The normalized spacial score (nSPS) is 12.2. The summed E-state index contributed by atoms with van der Waals surface area (Å²) in [6.07, 6.45) is 3.92. The molecule has 1 aromatic heterocycles.